The maximum absolute atomic E-state index is 13.3. The van der Waals surface area contributed by atoms with E-state index in [1.165, 1.54) is 36.0 Å². The van der Waals surface area contributed by atoms with Gasteiger partial charge in [0.05, 0.1) is 4.92 Å². The van der Waals surface area contributed by atoms with Crippen LogP contribution >= 0.6 is 11.8 Å². The number of hydrogen-bond donors (Lipinski definition) is 1. The second kappa shape index (κ2) is 5.81. The molecule has 19 heavy (non-hydrogen) atoms. The first kappa shape index (κ1) is 13.5. The zero-order valence-corrected chi connectivity index (χ0v) is 10.7. The number of non-ortho nitro benzene ring substituents is 1. The van der Waals surface area contributed by atoms with E-state index in [-0.39, 0.29) is 18.0 Å². The molecule has 0 amide bonds. The molecule has 0 heterocycles. The summed E-state index contributed by atoms with van der Waals surface area (Å²) in [5.74, 6) is -0.340. The lowest BCUT2D eigenvalue weighted by Crippen LogP contribution is -1.97. The van der Waals surface area contributed by atoms with E-state index < -0.39 is 4.92 Å². The molecule has 2 aromatic rings. The van der Waals surface area contributed by atoms with Crippen LogP contribution in [0.25, 0.3) is 0 Å². The van der Waals surface area contributed by atoms with Gasteiger partial charge in [0.1, 0.15) is 5.82 Å². The molecule has 0 saturated carbocycles. The largest absolute Gasteiger partial charge is 0.326 e. The summed E-state index contributed by atoms with van der Waals surface area (Å²) in [4.78, 5) is 11.6. The Bertz CT molecular complexity index is 602. The van der Waals surface area contributed by atoms with Crippen LogP contribution in [0.5, 0.6) is 0 Å². The van der Waals surface area contributed by atoms with Crippen molar-refractivity contribution in [2.45, 2.75) is 16.3 Å². The molecule has 2 N–H and O–H groups in total. The monoisotopic (exact) mass is 278 g/mol. The Balaban J connectivity index is 2.21. The summed E-state index contributed by atoms with van der Waals surface area (Å²) in [6.45, 7) is 0.269. The minimum Gasteiger partial charge on any atom is -0.326 e. The Kier molecular flexibility index (Phi) is 4.13. The third kappa shape index (κ3) is 3.52. The molecule has 6 heteroatoms. The molecule has 4 nitrogen and oxygen atoms in total. The Labute approximate surface area is 113 Å². The van der Waals surface area contributed by atoms with Gasteiger partial charge in [-0.1, -0.05) is 11.8 Å². The second-order valence-electron chi connectivity index (χ2n) is 3.85. The molecule has 0 radical (unpaired) electrons. The van der Waals surface area contributed by atoms with Gasteiger partial charge in [-0.25, -0.2) is 4.39 Å². The Morgan fingerprint density at radius 2 is 1.84 bits per heavy atom. The molecule has 0 bridgehead atoms. The van der Waals surface area contributed by atoms with Gasteiger partial charge in [-0.15, -0.1) is 0 Å². The molecule has 2 rings (SSSR count). The SMILES string of the molecule is NCc1cc(F)cc(Sc2ccc([N+](=O)[O-])cc2)c1. The molecule has 0 aliphatic rings. The average Bonchev–Trinajstić information content (AvgIpc) is 2.38. The van der Waals surface area contributed by atoms with Crippen molar-refractivity contribution in [1.29, 1.82) is 0 Å². The molecule has 0 atom stereocenters. The van der Waals surface area contributed by atoms with E-state index in [2.05, 4.69) is 0 Å². The molecule has 2 aromatic carbocycles. The van der Waals surface area contributed by atoms with Crippen LogP contribution in [0.2, 0.25) is 0 Å². The van der Waals surface area contributed by atoms with Gasteiger partial charge in [0.2, 0.25) is 0 Å². The summed E-state index contributed by atoms with van der Waals surface area (Å²) in [5.41, 5.74) is 6.23. The number of rotatable bonds is 4. The maximum Gasteiger partial charge on any atom is 0.269 e. The van der Waals surface area contributed by atoms with E-state index >= 15 is 0 Å². The fourth-order valence-electron chi connectivity index (χ4n) is 1.57. The molecule has 0 aliphatic carbocycles. The zero-order valence-electron chi connectivity index (χ0n) is 9.88. The normalized spacial score (nSPS) is 10.4. The lowest BCUT2D eigenvalue weighted by molar-refractivity contribution is -0.384. The molecule has 0 spiro atoms. The summed E-state index contributed by atoms with van der Waals surface area (Å²) in [7, 11) is 0. The average molecular weight is 278 g/mol. The minimum atomic E-state index is -0.455. The lowest BCUT2D eigenvalue weighted by atomic mass is 10.2. The van der Waals surface area contributed by atoms with Crippen molar-refractivity contribution < 1.29 is 9.31 Å². The fraction of sp³-hybridized carbons (Fsp3) is 0.0769. The van der Waals surface area contributed by atoms with Gasteiger partial charge in [-0.3, -0.25) is 10.1 Å². The second-order valence-corrected chi connectivity index (χ2v) is 5.00. The molecule has 98 valence electrons. The predicted octanol–water partition coefficient (Wildman–Crippen LogP) is 3.34. The van der Waals surface area contributed by atoms with Crippen molar-refractivity contribution in [3.8, 4) is 0 Å². The summed E-state index contributed by atoms with van der Waals surface area (Å²) in [6.07, 6.45) is 0. The van der Waals surface area contributed by atoms with Crippen molar-refractivity contribution in [2.24, 2.45) is 5.73 Å². The number of nitro groups is 1. The van der Waals surface area contributed by atoms with Gasteiger partial charge in [-0.05, 0) is 35.9 Å². The van der Waals surface area contributed by atoms with Crippen LogP contribution in [0.15, 0.2) is 52.3 Å². The highest BCUT2D eigenvalue weighted by Gasteiger charge is 2.06. The number of benzene rings is 2. The van der Waals surface area contributed by atoms with Gasteiger partial charge < -0.3 is 5.73 Å². The molecule has 0 fully saturated rings. The first-order chi connectivity index (χ1) is 9.08. The smallest absolute Gasteiger partial charge is 0.269 e. The van der Waals surface area contributed by atoms with E-state index in [0.717, 1.165) is 4.90 Å². The Morgan fingerprint density at radius 1 is 1.16 bits per heavy atom. The number of nitro benzene ring substituents is 1. The van der Waals surface area contributed by atoms with Crippen molar-refractivity contribution in [3.63, 3.8) is 0 Å². The summed E-state index contributed by atoms with van der Waals surface area (Å²) in [5, 5.41) is 10.5. The number of halogens is 1. The van der Waals surface area contributed by atoms with Crippen LogP contribution in [0.4, 0.5) is 10.1 Å². The van der Waals surface area contributed by atoms with Crippen molar-refractivity contribution >= 4 is 17.4 Å². The van der Waals surface area contributed by atoms with Gasteiger partial charge in [0.15, 0.2) is 0 Å². The molecule has 0 aliphatic heterocycles. The van der Waals surface area contributed by atoms with Crippen LogP contribution in [-0.2, 0) is 6.54 Å². The lowest BCUT2D eigenvalue weighted by Gasteiger charge is -2.04. The summed E-state index contributed by atoms with van der Waals surface area (Å²) < 4.78 is 13.3. The van der Waals surface area contributed by atoms with Crippen LogP contribution < -0.4 is 5.73 Å². The highest BCUT2D eigenvalue weighted by molar-refractivity contribution is 7.99. The first-order valence-electron chi connectivity index (χ1n) is 5.50. The third-order valence-corrected chi connectivity index (χ3v) is 3.43. The Morgan fingerprint density at radius 3 is 2.42 bits per heavy atom. The molecule has 0 saturated heterocycles. The Hall–Kier alpha value is -1.92. The van der Waals surface area contributed by atoms with Crippen LogP contribution in [0.3, 0.4) is 0 Å². The molecular formula is C13H11FN2O2S. The highest BCUT2D eigenvalue weighted by Crippen LogP contribution is 2.30. The van der Waals surface area contributed by atoms with Crippen LogP contribution in [0.1, 0.15) is 5.56 Å². The van der Waals surface area contributed by atoms with Crippen LogP contribution in [-0.4, -0.2) is 4.92 Å². The van der Waals surface area contributed by atoms with E-state index in [1.807, 2.05) is 0 Å². The number of hydrogen-bond acceptors (Lipinski definition) is 4. The molecule has 0 aromatic heterocycles. The number of nitrogens with zero attached hydrogens (tertiary/aromatic N) is 1. The summed E-state index contributed by atoms with van der Waals surface area (Å²) >= 11 is 1.33. The molecule has 0 unspecified atom stereocenters. The van der Waals surface area contributed by atoms with E-state index in [4.69, 9.17) is 5.73 Å². The number of nitrogens with two attached hydrogens (primary N) is 1. The molecular weight excluding hydrogens is 267 g/mol. The van der Waals surface area contributed by atoms with Crippen molar-refractivity contribution in [2.75, 3.05) is 0 Å². The van der Waals surface area contributed by atoms with Gasteiger partial charge in [0.25, 0.3) is 5.69 Å². The van der Waals surface area contributed by atoms with Gasteiger partial charge in [-0.2, -0.15) is 0 Å². The van der Waals surface area contributed by atoms with Crippen LogP contribution in [0, 0.1) is 15.9 Å². The topological polar surface area (TPSA) is 69.2 Å². The fourth-order valence-corrected chi connectivity index (χ4v) is 2.50. The zero-order chi connectivity index (χ0) is 13.8. The highest BCUT2D eigenvalue weighted by atomic mass is 32.2. The predicted molar refractivity (Wildman–Crippen MR) is 71.5 cm³/mol. The van der Waals surface area contributed by atoms with Gasteiger partial charge >= 0.3 is 0 Å². The van der Waals surface area contributed by atoms with Crippen molar-refractivity contribution in [1.82, 2.24) is 0 Å². The van der Waals surface area contributed by atoms with E-state index in [1.54, 1.807) is 18.2 Å². The minimum absolute atomic E-state index is 0.0336. The summed E-state index contributed by atoms with van der Waals surface area (Å²) in [6, 6.07) is 10.7. The standard InChI is InChI=1S/C13H11FN2O2S/c14-10-5-9(8-15)6-13(7-10)19-12-3-1-11(2-4-12)16(17)18/h1-7H,8,15H2. The van der Waals surface area contributed by atoms with E-state index in [0.29, 0.717) is 10.5 Å². The van der Waals surface area contributed by atoms with Crippen molar-refractivity contribution in [3.05, 3.63) is 64.0 Å². The van der Waals surface area contributed by atoms with Gasteiger partial charge in [0, 0.05) is 28.5 Å². The third-order valence-electron chi connectivity index (χ3n) is 2.45. The first-order valence-corrected chi connectivity index (χ1v) is 6.32. The van der Waals surface area contributed by atoms with E-state index in [9.17, 15) is 14.5 Å². The maximum atomic E-state index is 13.3. The quantitative estimate of drug-likeness (QED) is 0.688.